The van der Waals surface area contributed by atoms with Crippen LogP contribution in [0.2, 0.25) is 0 Å². The van der Waals surface area contributed by atoms with E-state index in [1.54, 1.807) is 0 Å². The van der Waals surface area contributed by atoms with Crippen molar-refractivity contribution in [3.05, 3.63) is 17.8 Å². The highest BCUT2D eigenvalue weighted by Crippen LogP contribution is 2.27. The highest BCUT2D eigenvalue weighted by Gasteiger charge is 2.33. The summed E-state index contributed by atoms with van der Waals surface area (Å²) in [6.45, 7) is 0. The molecule has 0 fully saturated rings. The third kappa shape index (κ3) is 3.62. The Bertz CT molecular complexity index is 465. The van der Waals surface area contributed by atoms with Crippen LogP contribution < -0.4 is 5.32 Å². The maximum atomic E-state index is 12.2. The molecule has 1 aromatic heterocycles. The molecular formula is C10H8F3N3O2. The SMILES string of the molecule is C#CCC(Nc1ccc(C(F)(F)F)nn1)C(=O)O. The number of carboxylic acids is 1. The van der Waals surface area contributed by atoms with Crippen molar-refractivity contribution in [1.29, 1.82) is 0 Å². The summed E-state index contributed by atoms with van der Waals surface area (Å²) in [5, 5.41) is 17.3. The fourth-order valence-corrected chi connectivity index (χ4v) is 1.06. The summed E-state index contributed by atoms with van der Waals surface area (Å²) in [6, 6.07) is 0.563. The molecule has 0 saturated carbocycles. The van der Waals surface area contributed by atoms with Crippen LogP contribution in [0, 0.1) is 12.3 Å². The third-order valence-corrected chi connectivity index (χ3v) is 1.90. The predicted octanol–water partition coefficient (Wildman–Crippen LogP) is 1.38. The van der Waals surface area contributed by atoms with E-state index in [2.05, 4.69) is 21.4 Å². The van der Waals surface area contributed by atoms with Crippen molar-refractivity contribution >= 4 is 11.8 Å². The van der Waals surface area contributed by atoms with Gasteiger partial charge < -0.3 is 10.4 Å². The normalized spacial score (nSPS) is 12.6. The van der Waals surface area contributed by atoms with E-state index in [-0.39, 0.29) is 12.2 Å². The van der Waals surface area contributed by atoms with Crippen molar-refractivity contribution in [3.63, 3.8) is 0 Å². The fourth-order valence-electron chi connectivity index (χ4n) is 1.06. The van der Waals surface area contributed by atoms with Crippen molar-refractivity contribution in [2.75, 3.05) is 5.32 Å². The minimum Gasteiger partial charge on any atom is -0.480 e. The number of nitrogens with zero attached hydrogens (tertiary/aromatic N) is 2. The maximum absolute atomic E-state index is 12.2. The second-order valence-corrected chi connectivity index (χ2v) is 3.24. The molecule has 5 nitrogen and oxygen atoms in total. The molecule has 1 heterocycles. The third-order valence-electron chi connectivity index (χ3n) is 1.90. The lowest BCUT2D eigenvalue weighted by Crippen LogP contribution is -2.29. The number of nitrogens with one attached hydrogen (secondary N) is 1. The standard InChI is InChI=1S/C10H8F3N3O2/c1-2-3-6(9(17)18)14-8-5-4-7(15-16-8)10(11,12)13/h1,4-6H,3H2,(H,14,16)(H,17,18). The highest BCUT2D eigenvalue weighted by molar-refractivity contribution is 5.77. The Morgan fingerprint density at radius 1 is 1.50 bits per heavy atom. The van der Waals surface area contributed by atoms with E-state index >= 15 is 0 Å². The lowest BCUT2D eigenvalue weighted by atomic mass is 10.2. The van der Waals surface area contributed by atoms with Crippen molar-refractivity contribution in [1.82, 2.24) is 10.2 Å². The van der Waals surface area contributed by atoms with Crippen LogP contribution in [0.3, 0.4) is 0 Å². The second kappa shape index (κ2) is 5.35. The molecule has 0 saturated heterocycles. The Morgan fingerprint density at radius 2 is 2.17 bits per heavy atom. The van der Waals surface area contributed by atoms with Gasteiger partial charge in [0.25, 0.3) is 0 Å². The number of carbonyl (C=O) groups is 1. The number of anilines is 1. The molecule has 0 aliphatic heterocycles. The number of halogens is 3. The van der Waals surface area contributed by atoms with Gasteiger partial charge in [-0.05, 0) is 12.1 Å². The van der Waals surface area contributed by atoms with E-state index in [1.165, 1.54) is 0 Å². The molecule has 18 heavy (non-hydrogen) atoms. The van der Waals surface area contributed by atoms with Gasteiger partial charge >= 0.3 is 12.1 Å². The summed E-state index contributed by atoms with van der Waals surface area (Å²) in [5.41, 5.74) is -1.16. The van der Waals surface area contributed by atoms with Gasteiger partial charge in [0.05, 0.1) is 0 Å². The van der Waals surface area contributed by atoms with Gasteiger partial charge in [-0.15, -0.1) is 22.5 Å². The summed E-state index contributed by atoms with van der Waals surface area (Å²) in [6.07, 6.45) is 0.250. The van der Waals surface area contributed by atoms with Crippen molar-refractivity contribution in [3.8, 4) is 12.3 Å². The van der Waals surface area contributed by atoms with Crippen LogP contribution in [0.25, 0.3) is 0 Å². The summed E-state index contributed by atoms with van der Waals surface area (Å²) >= 11 is 0. The first-order valence-electron chi connectivity index (χ1n) is 4.68. The van der Waals surface area contributed by atoms with Crippen LogP contribution in [0.1, 0.15) is 12.1 Å². The van der Waals surface area contributed by atoms with E-state index in [9.17, 15) is 18.0 Å². The Labute approximate surface area is 100 Å². The first kappa shape index (κ1) is 13.8. The molecule has 0 amide bonds. The Kier molecular flexibility index (Phi) is 4.09. The van der Waals surface area contributed by atoms with Crippen LogP contribution >= 0.6 is 0 Å². The zero-order chi connectivity index (χ0) is 13.8. The van der Waals surface area contributed by atoms with Crippen LogP contribution in [0.4, 0.5) is 19.0 Å². The maximum Gasteiger partial charge on any atom is 0.435 e. The van der Waals surface area contributed by atoms with Crippen LogP contribution in [0.5, 0.6) is 0 Å². The average Bonchev–Trinajstić information content (AvgIpc) is 2.28. The Morgan fingerprint density at radius 3 is 2.56 bits per heavy atom. The molecule has 0 aliphatic rings. The van der Waals surface area contributed by atoms with Gasteiger partial charge in [-0.3, -0.25) is 0 Å². The zero-order valence-electron chi connectivity index (χ0n) is 8.90. The molecule has 1 rings (SSSR count). The first-order valence-corrected chi connectivity index (χ1v) is 4.68. The van der Waals surface area contributed by atoms with Gasteiger partial charge in [-0.2, -0.15) is 13.2 Å². The molecule has 96 valence electrons. The van der Waals surface area contributed by atoms with Gasteiger partial charge in [-0.1, -0.05) is 0 Å². The topological polar surface area (TPSA) is 75.1 Å². The number of aromatic nitrogens is 2. The smallest absolute Gasteiger partial charge is 0.435 e. The van der Waals surface area contributed by atoms with E-state index in [0.29, 0.717) is 6.07 Å². The van der Waals surface area contributed by atoms with Crippen LogP contribution in [-0.4, -0.2) is 27.3 Å². The lowest BCUT2D eigenvalue weighted by Gasteiger charge is -2.12. The largest absolute Gasteiger partial charge is 0.480 e. The molecule has 1 aromatic rings. The summed E-state index contributed by atoms with van der Waals surface area (Å²) < 4.78 is 36.6. The monoisotopic (exact) mass is 259 g/mol. The number of hydrogen-bond donors (Lipinski definition) is 2. The fraction of sp³-hybridized carbons (Fsp3) is 0.300. The van der Waals surface area contributed by atoms with Gasteiger partial charge in [0.1, 0.15) is 11.9 Å². The minimum absolute atomic E-state index is 0.0920. The van der Waals surface area contributed by atoms with Gasteiger partial charge in [0, 0.05) is 6.42 Å². The van der Waals surface area contributed by atoms with E-state index in [1.807, 2.05) is 0 Å². The summed E-state index contributed by atoms with van der Waals surface area (Å²) in [4.78, 5) is 10.7. The summed E-state index contributed by atoms with van der Waals surface area (Å²) in [7, 11) is 0. The number of terminal acetylenes is 1. The van der Waals surface area contributed by atoms with Crippen molar-refractivity contribution in [2.45, 2.75) is 18.6 Å². The highest BCUT2D eigenvalue weighted by atomic mass is 19.4. The van der Waals surface area contributed by atoms with E-state index in [0.717, 1.165) is 6.07 Å². The van der Waals surface area contributed by atoms with Crippen LogP contribution in [-0.2, 0) is 11.0 Å². The molecule has 0 aromatic carbocycles. The molecule has 0 bridgehead atoms. The molecule has 0 spiro atoms. The first-order chi connectivity index (χ1) is 8.34. The van der Waals surface area contributed by atoms with Crippen LogP contribution in [0.15, 0.2) is 12.1 Å². The predicted molar refractivity (Wildman–Crippen MR) is 55.5 cm³/mol. The van der Waals surface area contributed by atoms with E-state index in [4.69, 9.17) is 11.5 Å². The Balaban J connectivity index is 2.80. The quantitative estimate of drug-likeness (QED) is 0.799. The van der Waals surface area contributed by atoms with Gasteiger partial charge in [-0.25, -0.2) is 4.79 Å². The van der Waals surface area contributed by atoms with Gasteiger partial charge in [0.15, 0.2) is 5.69 Å². The molecule has 0 aliphatic carbocycles. The zero-order valence-corrected chi connectivity index (χ0v) is 8.90. The Hall–Kier alpha value is -2.30. The molecule has 1 atom stereocenters. The van der Waals surface area contributed by atoms with Crippen molar-refractivity contribution in [2.24, 2.45) is 0 Å². The minimum atomic E-state index is -4.59. The second-order valence-electron chi connectivity index (χ2n) is 3.24. The molecule has 0 radical (unpaired) electrons. The van der Waals surface area contributed by atoms with E-state index < -0.39 is 23.9 Å². The van der Waals surface area contributed by atoms with Gasteiger partial charge in [0.2, 0.25) is 0 Å². The number of rotatable bonds is 4. The molecule has 1 unspecified atom stereocenters. The van der Waals surface area contributed by atoms with Crippen molar-refractivity contribution < 1.29 is 23.1 Å². The number of hydrogen-bond acceptors (Lipinski definition) is 4. The number of alkyl halides is 3. The lowest BCUT2D eigenvalue weighted by molar-refractivity contribution is -0.142. The average molecular weight is 259 g/mol. The number of carboxylic acid groups (broad SMARTS) is 1. The number of aliphatic carboxylic acids is 1. The summed E-state index contributed by atoms with van der Waals surface area (Å²) in [5.74, 6) is 0.814. The molecule has 2 N–H and O–H groups in total. The molecular weight excluding hydrogens is 251 g/mol. The molecule has 8 heteroatoms.